The molecule has 1 aromatic heterocycles. The van der Waals surface area contributed by atoms with Crippen molar-refractivity contribution >= 4 is 35.0 Å². The van der Waals surface area contributed by atoms with Gasteiger partial charge in [0.2, 0.25) is 11.1 Å². The van der Waals surface area contributed by atoms with Gasteiger partial charge in [-0.15, -0.1) is 5.10 Å². The number of rotatable bonds is 5. The predicted molar refractivity (Wildman–Crippen MR) is 95.4 cm³/mol. The number of nitrogens with zero attached hydrogens (tertiary/aromatic N) is 5. The Balaban J connectivity index is 1.64. The van der Waals surface area contributed by atoms with E-state index in [-0.39, 0.29) is 11.2 Å². The molecule has 1 aliphatic carbocycles. The number of nitriles is 1. The summed E-state index contributed by atoms with van der Waals surface area (Å²) in [6.45, 7) is 1.80. The number of carbonyl (C=O) groups excluding carboxylic acids is 1. The maximum absolute atomic E-state index is 12.4. The predicted octanol–water partition coefficient (Wildman–Crippen LogP) is 3.43. The van der Waals surface area contributed by atoms with Gasteiger partial charge in [-0.1, -0.05) is 36.2 Å². The molecule has 1 fully saturated rings. The van der Waals surface area contributed by atoms with E-state index < -0.39 is 0 Å². The van der Waals surface area contributed by atoms with Crippen LogP contribution in [0.25, 0.3) is 0 Å². The van der Waals surface area contributed by atoms with E-state index in [0.29, 0.717) is 27.5 Å². The van der Waals surface area contributed by atoms with Crippen LogP contribution in [-0.4, -0.2) is 31.4 Å². The van der Waals surface area contributed by atoms with Gasteiger partial charge in [0, 0.05) is 5.69 Å². The number of hydrogen-bond acceptors (Lipinski definition) is 6. The van der Waals surface area contributed by atoms with Gasteiger partial charge in [0.15, 0.2) is 0 Å². The highest BCUT2D eigenvalue weighted by Crippen LogP contribution is 2.32. The fraction of sp³-hybridized carbons (Fsp3) is 0.438. The van der Waals surface area contributed by atoms with Crippen LogP contribution in [0.1, 0.15) is 44.2 Å². The minimum absolute atomic E-state index is 0.174. The molecule has 1 amide bonds. The number of halogens is 1. The lowest BCUT2D eigenvalue weighted by atomic mass is 10.2. The molecule has 1 aromatic carbocycles. The number of aromatic nitrogens is 4. The molecule has 3 rings (SSSR count). The smallest absolute Gasteiger partial charge is 0.237 e. The lowest BCUT2D eigenvalue weighted by molar-refractivity contribution is -0.115. The molecule has 130 valence electrons. The fourth-order valence-electron chi connectivity index (χ4n) is 2.78. The van der Waals surface area contributed by atoms with Crippen molar-refractivity contribution < 1.29 is 4.79 Å². The van der Waals surface area contributed by atoms with Gasteiger partial charge in [-0.05, 0) is 48.4 Å². The Hall–Kier alpha value is -2.11. The van der Waals surface area contributed by atoms with Crippen LogP contribution in [0.3, 0.4) is 0 Å². The van der Waals surface area contributed by atoms with Gasteiger partial charge < -0.3 is 5.32 Å². The molecule has 0 spiro atoms. The zero-order valence-electron chi connectivity index (χ0n) is 13.6. The monoisotopic (exact) mass is 376 g/mol. The summed E-state index contributed by atoms with van der Waals surface area (Å²) in [5.41, 5.74) is 0.926. The van der Waals surface area contributed by atoms with Crippen molar-refractivity contribution in [1.29, 1.82) is 5.26 Å². The van der Waals surface area contributed by atoms with Crippen LogP contribution >= 0.6 is 23.4 Å². The summed E-state index contributed by atoms with van der Waals surface area (Å²) in [5.74, 6) is -0.174. The highest BCUT2D eigenvalue weighted by molar-refractivity contribution is 8.00. The lowest BCUT2D eigenvalue weighted by Crippen LogP contribution is -2.23. The van der Waals surface area contributed by atoms with Gasteiger partial charge >= 0.3 is 0 Å². The molecule has 1 atom stereocenters. The Labute approximate surface area is 154 Å². The first kappa shape index (κ1) is 17.7. The SMILES string of the molecule is CC(Sc1nnnn1C1CCCC1)C(=O)Nc1ccc(C#N)c(Cl)c1. The summed E-state index contributed by atoms with van der Waals surface area (Å²) in [6, 6.07) is 7.11. The number of hydrogen-bond donors (Lipinski definition) is 1. The molecular formula is C16H17ClN6OS. The van der Waals surface area contributed by atoms with Crippen molar-refractivity contribution in [3.8, 4) is 6.07 Å². The summed E-state index contributed by atoms with van der Waals surface area (Å²) in [6.07, 6.45) is 4.51. The van der Waals surface area contributed by atoms with E-state index in [2.05, 4.69) is 20.8 Å². The molecule has 0 saturated heterocycles. The van der Waals surface area contributed by atoms with Crippen LogP contribution in [0.15, 0.2) is 23.4 Å². The summed E-state index contributed by atoms with van der Waals surface area (Å²) < 4.78 is 1.83. The summed E-state index contributed by atoms with van der Waals surface area (Å²) in [5, 5.41) is 24.2. The molecule has 1 saturated carbocycles. The lowest BCUT2D eigenvalue weighted by Gasteiger charge is -2.14. The van der Waals surface area contributed by atoms with Crippen LogP contribution in [0.4, 0.5) is 5.69 Å². The van der Waals surface area contributed by atoms with E-state index in [1.54, 1.807) is 25.1 Å². The Morgan fingerprint density at radius 2 is 2.24 bits per heavy atom. The maximum Gasteiger partial charge on any atom is 0.237 e. The third kappa shape index (κ3) is 4.11. The Morgan fingerprint density at radius 3 is 2.92 bits per heavy atom. The number of amides is 1. The average Bonchev–Trinajstić information content (AvgIpc) is 3.26. The molecular weight excluding hydrogens is 360 g/mol. The van der Waals surface area contributed by atoms with Crippen molar-refractivity contribution in [2.24, 2.45) is 0 Å². The van der Waals surface area contributed by atoms with E-state index >= 15 is 0 Å². The topological polar surface area (TPSA) is 96.5 Å². The van der Waals surface area contributed by atoms with Crippen LogP contribution in [0, 0.1) is 11.3 Å². The number of carbonyl (C=O) groups is 1. The summed E-state index contributed by atoms with van der Waals surface area (Å²) in [7, 11) is 0. The first-order valence-corrected chi connectivity index (χ1v) is 9.29. The number of tetrazole rings is 1. The Kier molecular flexibility index (Phi) is 5.56. The van der Waals surface area contributed by atoms with Crippen molar-refractivity contribution in [3.05, 3.63) is 28.8 Å². The molecule has 0 bridgehead atoms. The largest absolute Gasteiger partial charge is 0.325 e. The van der Waals surface area contributed by atoms with E-state index in [0.717, 1.165) is 12.8 Å². The van der Waals surface area contributed by atoms with Crippen molar-refractivity contribution in [2.45, 2.75) is 49.1 Å². The summed E-state index contributed by atoms with van der Waals surface area (Å²) in [4.78, 5) is 12.4. The van der Waals surface area contributed by atoms with Crippen LogP contribution in [0.2, 0.25) is 5.02 Å². The minimum Gasteiger partial charge on any atom is -0.325 e. The molecule has 9 heteroatoms. The van der Waals surface area contributed by atoms with Gasteiger partial charge in [0.05, 0.1) is 21.9 Å². The molecule has 2 aromatic rings. The number of nitrogens with one attached hydrogen (secondary N) is 1. The molecule has 1 unspecified atom stereocenters. The third-order valence-electron chi connectivity index (χ3n) is 4.14. The van der Waals surface area contributed by atoms with E-state index in [4.69, 9.17) is 16.9 Å². The zero-order valence-corrected chi connectivity index (χ0v) is 15.2. The fourth-order valence-corrected chi connectivity index (χ4v) is 3.86. The number of benzene rings is 1. The van der Waals surface area contributed by atoms with E-state index in [1.807, 2.05) is 10.8 Å². The van der Waals surface area contributed by atoms with Gasteiger partial charge in [-0.25, -0.2) is 4.68 Å². The van der Waals surface area contributed by atoms with Gasteiger partial charge in [0.1, 0.15) is 6.07 Å². The highest BCUT2D eigenvalue weighted by Gasteiger charge is 2.24. The van der Waals surface area contributed by atoms with Gasteiger partial charge in [-0.3, -0.25) is 4.79 Å². The van der Waals surface area contributed by atoms with Crippen molar-refractivity contribution in [2.75, 3.05) is 5.32 Å². The van der Waals surface area contributed by atoms with Crippen LogP contribution in [0.5, 0.6) is 0 Å². The van der Waals surface area contributed by atoms with Crippen LogP contribution in [-0.2, 0) is 4.79 Å². The average molecular weight is 377 g/mol. The molecule has 1 aliphatic rings. The van der Waals surface area contributed by atoms with Crippen molar-refractivity contribution in [3.63, 3.8) is 0 Å². The van der Waals surface area contributed by atoms with E-state index in [1.165, 1.54) is 24.6 Å². The number of thioether (sulfide) groups is 1. The molecule has 1 N–H and O–H groups in total. The summed E-state index contributed by atoms with van der Waals surface area (Å²) >= 11 is 7.32. The maximum atomic E-state index is 12.4. The van der Waals surface area contributed by atoms with Crippen LogP contribution < -0.4 is 5.32 Å². The van der Waals surface area contributed by atoms with Gasteiger partial charge in [-0.2, -0.15) is 5.26 Å². The van der Waals surface area contributed by atoms with Crippen molar-refractivity contribution in [1.82, 2.24) is 20.2 Å². The molecule has 0 radical (unpaired) electrons. The van der Waals surface area contributed by atoms with Gasteiger partial charge in [0.25, 0.3) is 0 Å². The Bertz CT molecular complexity index is 811. The second-order valence-corrected chi connectivity index (χ2v) is 7.62. The number of anilines is 1. The molecule has 1 heterocycles. The molecule has 25 heavy (non-hydrogen) atoms. The first-order valence-electron chi connectivity index (χ1n) is 8.03. The third-order valence-corrected chi connectivity index (χ3v) is 5.50. The Morgan fingerprint density at radius 1 is 1.48 bits per heavy atom. The second-order valence-electron chi connectivity index (χ2n) is 5.90. The zero-order chi connectivity index (χ0) is 17.8. The normalized spacial score (nSPS) is 15.7. The molecule has 0 aliphatic heterocycles. The minimum atomic E-state index is -0.374. The highest BCUT2D eigenvalue weighted by atomic mass is 35.5. The second kappa shape index (κ2) is 7.85. The first-order chi connectivity index (χ1) is 12.1. The quantitative estimate of drug-likeness (QED) is 0.803. The van der Waals surface area contributed by atoms with E-state index in [9.17, 15) is 4.79 Å². The molecule has 7 nitrogen and oxygen atoms in total. The standard InChI is InChI=1S/C16H17ClN6OS/c1-10(15(24)19-12-7-6-11(9-18)14(17)8-12)25-16-20-21-22-23(16)13-4-2-3-5-13/h6-8,10,13H,2-5H2,1H3,(H,19,24).